The van der Waals surface area contributed by atoms with Crippen LogP contribution in [0.1, 0.15) is 19.4 Å². The van der Waals surface area contributed by atoms with Crippen LogP contribution in [0.4, 0.5) is 5.69 Å². The van der Waals surface area contributed by atoms with Crippen molar-refractivity contribution >= 4 is 16.7 Å². The van der Waals surface area contributed by atoms with Crippen LogP contribution in [0.2, 0.25) is 0 Å². The van der Waals surface area contributed by atoms with Gasteiger partial charge in [0.2, 0.25) is 0 Å². The van der Waals surface area contributed by atoms with Gasteiger partial charge in [0.1, 0.15) is 11.8 Å². The molecule has 0 fully saturated rings. The van der Waals surface area contributed by atoms with Crippen LogP contribution in [0, 0.1) is 17.0 Å². The molecule has 0 N–H and O–H groups in total. The lowest BCUT2D eigenvalue weighted by Crippen LogP contribution is -1.91. The number of pyridine rings is 1. The third kappa shape index (κ3) is 2.03. The van der Waals surface area contributed by atoms with Crippen LogP contribution in [0.25, 0.3) is 11.0 Å². The number of fused-ring (bicyclic) bond motifs is 1. The molecule has 16 heavy (non-hydrogen) atoms. The maximum Gasteiger partial charge on any atom is 0.288 e. The molecule has 0 amide bonds. The van der Waals surface area contributed by atoms with E-state index in [9.17, 15) is 10.1 Å². The summed E-state index contributed by atoms with van der Waals surface area (Å²) in [7, 11) is 1.87. The summed E-state index contributed by atoms with van der Waals surface area (Å²) in [5.74, 6) is 0. The van der Waals surface area contributed by atoms with E-state index in [1.165, 1.54) is 6.20 Å². The molecule has 0 aromatic carbocycles. The molecule has 86 valence electrons. The van der Waals surface area contributed by atoms with E-state index in [1.54, 1.807) is 6.07 Å². The highest BCUT2D eigenvalue weighted by atomic mass is 16.6. The molecule has 2 rings (SSSR count). The molecule has 2 aromatic heterocycles. The molecule has 0 radical (unpaired) electrons. The summed E-state index contributed by atoms with van der Waals surface area (Å²) in [4.78, 5) is 14.1. The summed E-state index contributed by atoms with van der Waals surface area (Å²) in [5.41, 5.74) is 1.80. The van der Waals surface area contributed by atoms with Gasteiger partial charge in [-0.2, -0.15) is 0 Å². The molecule has 0 aliphatic rings. The van der Waals surface area contributed by atoms with E-state index >= 15 is 0 Å². The Morgan fingerprint density at radius 2 is 2.06 bits per heavy atom. The summed E-state index contributed by atoms with van der Waals surface area (Å²) >= 11 is 0. The minimum Gasteiger partial charge on any atom is -0.335 e. The third-order valence-electron chi connectivity index (χ3n) is 2.21. The van der Waals surface area contributed by atoms with E-state index in [4.69, 9.17) is 0 Å². The smallest absolute Gasteiger partial charge is 0.288 e. The standard InChI is InChI=1S/C9H9N3O2.C2H6/c1-6-5-11(2)9-8(6)3-7(4-10-9)12(13)14;1-2/h3-5H,1-2H3;1-2H3. The van der Waals surface area contributed by atoms with Crippen LogP contribution in [-0.2, 0) is 7.05 Å². The molecule has 2 heterocycles. The Hall–Kier alpha value is -1.91. The highest BCUT2D eigenvalue weighted by molar-refractivity contribution is 5.82. The van der Waals surface area contributed by atoms with Crippen molar-refractivity contribution in [1.29, 1.82) is 0 Å². The van der Waals surface area contributed by atoms with Crippen molar-refractivity contribution in [3.63, 3.8) is 0 Å². The maximum atomic E-state index is 10.5. The van der Waals surface area contributed by atoms with Gasteiger partial charge in [-0.05, 0) is 12.5 Å². The minimum atomic E-state index is -0.432. The van der Waals surface area contributed by atoms with Gasteiger partial charge in [0.15, 0.2) is 0 Å². The summed E-state index contributed by atoms with van der Waals surface area (Å²) in [6.45, 7) is 5.91. The third-order valence-corrected chi connectivity index (χ3v) is 2.21. The SMILES string of the molecule is CC.Cc1cn(C)c2ncc([N+](=O)[O-])cc12. The number of aromatic nitrogens is 2. The highest BCUT2D eigenvalue weighted by Gasteiger charge is 2.10. The zero-order chi connectivity index (χ0) is 12.3. The molecule has 0 aliphatic carbocycles. The van der Waals surface area contributed by atoms with Gasteiger partial charge in [0.05, 0.1) is 4.92 Å². The summed E-state index contributed by atoms with van der Waals surface area (Å²) in [6, 6.07) is 1.55. The number of hydrogen-bond donors (Lipinski definition) is 0. The Labute approximate surface area is 93.9 Å². The first-order valence-electron chi connectivity index (χ1n) is 5.15. The van der Waals surface area contributed by atoms with Crippen LogP contribution in [0.3, 0.4) is 0 Å². The number of hydrogen-bond acceptors (Lipinski definition) is 3. The first kappa shape index (κ1) is 12.2. The molecule has 2 aromatic rings. The van der Waals surface area contributed by atoms with Gasteiger partial charge in [-0.15, -0.1) is 0 Å². The van der Waals surface area contributed by atoms with Crippen molar-refractivity contribution in [3.05, 3.63) is 34.1 Å². The van der Waals surface area contributed by atoms with Gasteiger partial charge in [-0.1, -0.05) is 13.8 Å². The van der Waals surface area contributed by atoms with Crippen molar-refractivity contribution in [3.8, 4) is 0 Å². The number of aryl methyl sites for hydroxylation is 2. The van der Waals surface area contributed by atoms with E-state index in [1.807, 2.05) is 38.6 Å². The Morgan fingerprint density at radius 3 is 2.62 bits per heavy atom. The summed E-state index contributed by atoms with van der Waals surface area (Å²) < 4.78 is 1.86. The molecule has 5 heteroatoms. The second-order valence-corrected chi connectivity index (χ2v) is 3.24. The van der Waals surface area contributed by atoms with Gasteiger partial charge >= 0.3 is 0 Å². The molecule has 0 saturated carbocycles. The van der Waals surface area contributed by atoms with Gasteiger partial charge < -0.3 is 4.57 Å². The highest BCUT2D eigenvalue weighted by Crippen LogP contribution is 2.22. The zero-order valence-electron chi connectivity index (χ0n) is 9.89. The van der Waals surface area contributed by atoms with Crippen LogP contribution < -0.4 is 0 Å². The van der Waals surface area contributed by atoms with E-state index < -0.39 is 4.92 Å². The predicted molar refractivity (Wildman–Crippen MR) is 63.5 cm³/mol. The number of nitrogens with zero attached hydrogens (tertiary/aromatic N) is 3. The monoisotopic (exact) mass is 221 g/mol. The molecular weight excluding hydrogens is 206 g/mol. The minimum absolute atomic E-state index is 0.0341. The second-order valence-electron chi connectivity index (χ2n) is 3.24. The van der Waals surface area contributed by atoms with Crippen LogP contribution in [0.15, 0.2) is 18.5 Å². The average molecular weight is 221 g/mol. The molecule has 0 bridgehead atoms. The molecular formula is C11H15N3O2. The zero-order valence-corrected chi connectivity index (χ0v) is 9.89. The van der Waals surface area contributed by atoms with E-state index in [-0.39, 0.29) is 5.69 Å². The van der Waals surface area contributed by atoms with Crippen molar-refractivity contribution in [2.45, 2.75) is 20.8 Å². The van der Waals surface area contributed by atoms with E-state index in [0.717, 1.165) is 16.6 Å². The van der Waals surface area contributed by atoms with Gasteiger partial charge in [0.25, 0.3) is 5.69 Å². The molecule has 5 nitrogen and oxygen atoms in total. The van der Waals surface area contributed by atoms with Gasteiger partial charge in [-0.25, -0.2) is 4.98 Å². The molecule has 0 spiro atoms. The molecule has 0 aliphatic heterocycles. The quantitative estimate of drug-likeness (QED) is 0.549. The first-order chi connectivity index (χ1) is 7.59. The van der Waals surface area contributed by atoms with Crippen molar-refractivity contribution in [2.24, 2.45) is 7.05 Å². The predicted octanol–water partition coefficient (Wildman–Crippen LogP) is 2.82. The van der Waals surface area contributed by atoms with Crippen LogP contribution in [-0.4, -0.2) is 14.5 Å². The Kier molecular flexibility index (Phi) is 3.60. The average Bonchev–Trinajstić information content (AvgIpc) is 2.57. The lowest BCUT2D eigenvalue weighted by atomic mass is 10.2. The van der Waals surface area contributed by atoms with Crippen molar-refractivity contribution < 1.29 is 4.92 Å². The first-order valence-corrected chi connectivity index (χ1v) is 5.15. The Balaban J connectivity index is 0.000000606. The molecule has 0 unspecified atom stereocenters. The van der Waals surface area contributed by atoms with Crippen molar-refractivity contribution in [2.75, 3.05) is 0 Å². The fourth-order valence-corrected chi connectivity index (χ4v) is 1.54. The van der Waals surface area contributed by atoms with Crippen LogP contribution >= 0.6 is 0 Å². The number of nitro groups is 1. The molecule has 0 atom stereocenters. The lowest BCUT2D eigenvalue weighted by Gasteiger charge is -1.94. The largest absolute Gasteiger partial charge is 0.335 e. The van der Waals surface area contributed by atoms with E-state index in [0.29, 0.717) is 0 Å². The summed E-state index contributed by atoms with van der Waals surface area (Å²) in [6.07, 6.45) is 3.18. The van der Waals surface area contributed by atoms with E-state index in [2.05, 4.69) is 4.98 Å². The Bertz CT molecular complexity index is 517. The molecule has 0 saturated heterocycles. The second kappa shape index (κ2) is 4.74. The van der Waals surface area contributed by atoms with Gasteiger partial charge in [-0.3, -0.25) is 10.1 Å². The fraction of sp³-hybridized carbons (Fsp3) is 0.364. The topological polar surface area (TPSA) is 61.0 Å². The lowest BCUT2D eigenvalue weighted by molar-refractivity contribution is -0.385. The normalized spacial score (nSPS) is 9.75. The number of rotatable bonds is 1. The fourth-order valence-electron chi connectivity index (χ4n) is 1.54. The van der Waals surface area contributed by atoms with Crippen LogP contribution in [0.5, 0.6) is 0 Å². The van der Waals surface area contributed by atoms with Crippen molar-refractivity contribution in [1.82, 2.24) is 9.55 Å². The van der Waals surface area contributed by atoms with Gasteiger partial charge in [0, 0.05) is 24.7 Å². The maximum absolute atomic E-state index is 10.5. The summed E-state index contributed by atoms with van der Waals surface area (Å²) in [5, 5.41) is 11.4. The Morgan fingerprint density at radius 1 is 1.44 bits per heavy atom.